The van der Waals surface area contributed by atoms with E-state index in [1.54, 1.807) is 6.07 Å². The normalized spacial score (nSPS) is 19.4. The van der Waals surface area contributed by atoms with Crippen molar-refractivity contribution in [1.29, 1.82) is 0 Å². The van der Waals surface area contributed by atoms with Gasteiger partial charge < -0.3 is 5.11 Å². The van der Waals surface area contributed by atoms with Gasteiger partial charge in [0.05, 0.1) is 0 Å². The molecule has 0 bridgehead atoms. The first-order valence-electron chi connectivity index (χ1n) is 7.50. The Hall–Kier alpha value is -1.37. The van der Waals surface area contributed by atoms with Crippen LogP contribution in [0.5, 0.6) is 0 Å². The average molecular weight is 289 g/mol. The minimum absolute atomic E-state index is 0.203. The summed E-state index contributed by atoms with van der Waals surface area (Å²) in [6.45, 7) is 9.61. The summed E-state index contributed by atoms with van der Waals surface area (Å²) < 4.78 is 13.4. The number of nitrogens with zero attached hydrogens (tertiary/aromatic N) is 1. The molecule has 1 aromatic rings. The van der Waals surface area contributed by atoms with Crippen LogP contribution < -0.4 is 0 Å². The molecule has 114 valence electrons. The second kappa shape index (κ2) is 6.60. The van der Waals surface area contributed by atoms with Gasteiger partial charge in [-0.2, -0.15) is 0 Å². The summed E-state index contributed by atoms with van der Waals surface area (Å²) >= 11 is 0. The van der Waals surface area contributed by atoms with E-state index in [1.165, 1.54) is 18.6 Å². The lowest BCUT2D eigenvalue weighted by Gasteiger charge is -2.27. The minimum atomic E-state index is -0.282. The zero-order chi connectivity index (χ0) is 15.5. The van der Waals surface area contributed by atoms with E-state index in [0.717, 1.165) is 25.2 Å². The van der Waals surface area contributed by atoms with Crippen molar-refractivity contribution in [2.75, 3.05) is 19.7 Å². The highest BCUT2D eigenvalue weighted by atomic mass is 19.1. The van der Waals surface area contributed by atoms with Crippen LogP contribution in [0.1, 0.15) is 38.3 Å². The van der Waals surface area contributed by atoms with Gasteiger partial charge in [0, 0.05) is 18.7 Å². The van der Waals surface area contributed by atoms with Gasteiger partial charge in [-0.1, -0.05) is 38.7 Å². The van der Waals surface area contributed by atoms with Crippen molar-refractivity contribution in [2.45, 2.75) is 33.7 Å². The molecule has 0 saturated carbocycles. The van der Waals surface area contributed by atoms with E-state index < -0.39 is 0 Å². The number of aliphatic hydroxyl groups is 1. The van der Waals surface area contributed by atoms with Gasteiger partial charge in [-0.15, -0.1) is 0 Å². The number of benzene rings is 1. The molecule has 1 atom stereocenters. The second-order valence-corrected chi connectivity index (χ2v) is 6.85. The molecule has 1 fully saturated rings. The molecule has 1 saturated heterocycles. The van der Waals surface area contributed by atoms with E-state index >= 15 is 0 Å². The largest absolute Gasteiger partial charge is 0.384 e. The van der Waals surface area contributed by atoms with Gasteiger partial charge in [0.1, 0.15) is 12.4 Å². The van der Waals surface area contributed by atoms with E-state index in [4.69, 9.17) is 5.11 Å². The Morgan fingerprint density at radius 3 is 2.76 bits per heavy atom. The monoisotopic (exact) mass is 289 g/mol. The molecule has 21 heavy (non-hydrogen) atoms. The third-order valence-electron chi connectivity index (χ3n) is 4.27. The van der Waals surface area contributed by atoms with Gasteiger partial charge in [-0.05, 0) is 42.0 Å². The maximum atomic E-state index is 13.4. The van der Waals surface area contributed by atoms with Gasteiger partial charge in [-0.25, -0.2) is 4.39 Å². The third-order valence-corrected chi connectivity index (χ3v) is 4.27. The van der Waals surface area contributed by atoms with E-state index in [1.807, 2.05) is 0 Å². The summed E-state index contributed by atoms with van der Waals surface area (Å²) in [6, 6.07) is 4.74. The predicted octanol–water partition coefficient (Wildman–Crippen LogP) is 3.04. The maximum Gasteiger partial charge on any atom is 0.124 e. The quantitative estimate of drug-likeness (QED) is 0.846. The highest BCUT2D eigenvalue weighted by molar-refractivity contribution is 5.41. The number of likely N-dealkylation sites (tertiary alicyclic amines) is 1. The molecule has 0 radical (unpaired) electrons. The molecule has 1 aromatic carbocycles. The highest BCUT2D eigenvalue weighted by Crippen LogP contribution is 2.34. The first-order valence-corrected chi connectivity index (χ1v) is 7.50. The molecule has 0 amide bonds. The van der Waals surface area contributed by atoms with Crippen LogP contribution in [0.3, 0.4) is 0 Å². The van der Waals surface area contributed by atoms with Crippen LogP contribution >= 0.6 is 0 Å². The van der Waals surface area contributed by atoms with Crippen LogP contribution in [0, 0.1) is 29.0 Å². The zero-order valence-electron chi connectivity index (χ0n) is 13.1. The lowest BCUT2D eigenvalue weighted by atomic mass is 9.80. The molecule has 3 heteroatoms. The van der Waals surface area contributed by atoms with Gasteiger partial charge in [0.2, 0.25) is 0 Å². The summed E-state index contributed by atoms with van der Waals surface area (Å²) in [5.74, 6) is 5.88. The Balaban J connectivity index is 2.10. The van der Waals surface area contributed by atoms with Crippen molar-refractivity contribution < 1.29 is 9.50 Å². The Morgan fingerprint density at radius 1 is 1.38 bits per heavy atom. The molecule has 0 aliphatic carbocycles. The van der Waals surface area contributed by atoms with Crippen molar-refractivity contribution in [1.82, 2.24) is 4.90 Å². The lowest BCUT2D eigenvalue weighted by molar-refractivity contribution is 0.226. The topological polar surface area (TPSA) is 23.5 Å². The SMILES string of the molecule is CC(C)(C)C1CCN(Cc2ccc(F)cc2C#CCO)C1. The first-order chi connectivity index (χ1) is 9.90. The van der Waals surface area contributed by atoms with Gasteiger partial charge in [-0.3, -0.25) is 4.90 Å². The fraction of sp³-hybridized carbons (Fsp3) is 0.556. The van der Waals surface area contributed by atoms with Crippen LogP contribution in [-0.2, 0) is 6.54 Å². The van der Waals surface area contributed by atoms with Crippen LogP contribution in [0.2, 0.25) is 0 Å². The summed E-state index contributed by atoms with van der Waals surface area (Å²) in [7, 11) is 0. The predicted molar refractivity (Wildman–Crippen MR) is 83.2 cm³/mol. The Kier molecular flexibility index (Phi) is 5.03. The second-order valence-electron chi connectivity index (χ2n) is 6.85. The zero-order valence-corrected chi connectivity index (χ0v) is 13.1. The number of halogens is 1. The minimum Gasteiger partial charge on any atom is -0.384 e. The van der Waals surface area contributed by atoms with E-state index in [9.17, 15) is 4.39 Å². The van der Waals surface area contributed by atoms with Crippen molar-refractivity contribution >= 4 is 0 Å². The molecule has 1 aliphatic rings. The maximum absolute atomic E-state index is 13.4. The fourth-order valence-corrected chi connectivity index (χ4v) is 2.86. The Labute approximate surface area is 127 Å². The summed E-state index contributed by atoms with van der Waals surface area (Å²) in [6.07, 6.45) is 1.21. The van der Waals surface area contributed by atoms with Crippen molar-refractivity contribution in [3.63, 3.8) is 0 Å². The number of hydrogen-bond acceptors (Lipinski definition) is 2. The summed E-state index contributed by atoms with van der Waals surface area (Å²) in [4.78, 5) is 2.41. The fourth-order valence-electron chi connectivity index (χ4n) is 2.86. The molecule has 1 aliphatic heterocycles. The molecule has 1 unspecified atom stereocenters. The van der Waals surface area contributed by atoms with Crippen molar-refractivity contribution in [2.24, 2.45) is 11.3 Å². The molecule has 2 rings (SSSR count). The molecule has 0 aromatic heterocycles. The average Bonchev–Trinajstić information content (AvgIpc) is 2.87. The third kappa shape index (κ3) is 4.30. The molecular formula is C18H24FNO. The van der Waals surface area contributed by atoms with Gasteiger partial charge in [0.15, 0.2) is 0 Å². The van der Waals surface area contributed by atoms with Crippen molar-refractivity contribution in [3.8, 4) is 11.8 Å². The van der Waals surface area contributed by atoms with Crippen LogP contribution in [0.25, 0.3) is 0 Å². The summed E-state index contributed by atoms with van der Waals surface area (Å²) in [5, 5.41) is 8.82. The van der Waals surface area contributed by atoms with E-state index in [-0.39, 0.29) is 12.4 Å². The number of rotatable bonds is 2. The molecule has 1 N–H and O–H groups in total. The van der Waals surface area contributed by atoms with Crippen molar-refractivity contribution in [3.05, 3.63) is 35.1 Å². The first kappa shape index (κ1) is 16.0. The van der Waals surface area contributed by atoms with E-state index in [2.05, 4.69) is 37.5 Å². The highest BCUT2D eigenvalue weighted by Gasteiger charge is 2.31. The summed E-state index contributed by atoms with van der Waals surface area (Å²) in [5.41, 5.74) is 2.05. The molecule has 2 nitrogen and oxygen atoms in total. The Bertz CT molecular complexity index is 551. The van der Waals surface area contributed by atoms with Crippen LogP contribution in [0.15, 0.2) is 18.2 Å². The van der Waals surface area contributed by atoms with Gasteiger partial charge >= 0.3 is 0 Å². The number of hydrogen-bond donors (Lipinski definition) is 1. The standard InChI is InChI=1S/C18H24FNO/c1-18(2,3)16-8-9-20(13-16)12-15-6-7-17(19)11-14(15)5-4-10-21/h6-7,11,16,21H,8-10,12-13H2,1-3H3. The smallest absolute Gasteiger partial charge is 0.124 e. The van der Waals surface area contributed by atoms with Gasteiger partial charge in [0.25, 0.3) is 0 Å². The molecule has 0 spiro atoms. The lowest BCUT2D eigenvalue weighted by Crippen LogP contribution is -2.26. The number of aliphatic hydroxyl groups excluding tert-OH is 1. The van der Waals surface area contributed by atoms with Crippen LogP contribution in [0.4, 0.5) is 4.39 Å². The molecule has 1 heterocycles. The molecular weight excluding hydrogens is 265 g/mol. The van der Waals surface area contributed by atoms with Crippen LogP contribution in [-0.4, -0.2) is 29.7 Å². The van der Waals surface area contributed by atoms with E-state index in [0.29, 0.717) is 16.9 Å². The Morgan fingerprint density at radius 2 is 2.14 bits per heavy atom.